The molecule has 3 rings (SSSR count). The first-order valence-electron chi connectivity index (χ1n) is 8.55. The van der Waals surface area contributed by atoms with E-state index in [-0.39, 0.29) is 12.0 Å². The van der Waals surface area contributed by atoms with Gasteiger partial charge in [0.25, 0.3) is 0 Å². The standard InChI is InChI=1S/C18H25NO4S/c1-12-8-9-13(2)17(10-12)24(21,22)19-15-7-5-4-6-14(15)11-16(19)18(20)23-3/h8-10,14-16H,4-7,11H2,1-3H3/t14-,15-,16+/m1/s1. The first-order valence-corrected chi connectivity index (χ1v) is 9.99. The van der Waals surface area contributed by atoms with Gasteiger partial charge < -0.3 is 4.74 Å². The zero-order chi connectivity index (χ0) is 17.5. The van der Waals surface area contributed by atoms with Gasteiger partial charge in [0.2, 0.25) is 10.0 Å². The number of rotatable bonds is 3. The maximum absolute atomic E-state index is 13.4. The zero-order valence-corrected chi connectivity index (χ0v) is 15.3. The molecule has 0 aromatic heterocycles. The normalized spacial score (nSPS) is 27.7. The summed E-state index contributed by atoms with van der Waals surface area (Å²) in [4.78, 5) is 12.6. The fraction of sp³-hybridized carbons (Fsp3) is 0.611. The summed E-state index contributed by atoms with van der Waals surface area (Å²) in [6.45, 7) is 3.68. The lowest BCUT2D eigenvalue weighted by Gasteiger charge is -2.32. The van der Waals surface area contributed by atoms with Gasteiger partial charge in [0.1, 0.15) is 6.04 Å². The van der Waals surface area contributed by atoms with E-state index in [1.165, 1.54) is 11.4 Å². The Balaban J connectivity index is 2.08. The molecule has 1 aliphatic heterocycles. The third-order valence-electron chi connectivity index (χ3n) is 5.40. The highest BCUT2D eigenvalue weighted by Crippen LogP contribution is 2.43. The largest absolute Gasteiger partial charge is 0.468 e. The summed E-state index contributed by atoms with van der Waals surface area (Å²) in [6.07, 6.45) is 4.49. The van der Waals surface area contributed by atoms with Crippen LogP contribution in [0.1, 0.15) is 43.2 Å². The Labute approximate surface area is 144 Å². The van der Waals surface area contributed by atoms with E-state index in [9.17, 15) is 13.2 Å². The highest BCUT2D eigenvalue weighted by Gasteiger charge is 2.51. The third-order valence-corrected chi connectivity index (χ3v) is 7.48. The van der Waals surface area contributed by atoms with Crippen molar-refractivity contribution >= 4 is 16.0 Å². The van der Waals surface area contributed by atoms with Crippen LogP contribution in [0.25, 0.3) is 0 Å². The Morgan fingerprint density at radius 2 is 1.92 bits per heavy atom. The Morgan fingerprint density at radius 3 is 2.62 bits per heavy atom. The number of fused-ring (bicyclic) bond motifs is 1. The molecule has 0 radical (unpaired) electrons. The number of carbonyl (C=O) groups is 1. The molecule has 0 amide bonds. The van der Waals surface area contributed by atoms with E-state index in [1.807, 2.05) is 19.1 Å². The summed E-state index contributed by atoms with van der Waals surface area (Å²) in [5.41, 5.74) is 1.61. The number of methoxy groups -OCH3 is 1. The maximum Gasteiger partial charge on any atom is 0.324 e. The van der Waals surface area contributed by atoms with Crippen LogP contribution in [0.3, 0.4) is 0 Å². The van der Waals surface area contributed by atoms with Gasteiger partial charge in [-0.3, -0.25) is 4.79 Å². The van der Waals surface area contributed by atoms with Crippen molar-refractivity contribution in [1.82, 2.24) is 4.31 Å². The highest BCUT2D eigenvalue weighted by atomic mass is 32.2. The van der Waals surface area contributed by atoms with Crippen LogP contribution >= 0.6 is 0 Å². The van der Waals surface area contributed by atoms with Crippen molar-refractivity contribution in [3.05, 3.63) is 29.3 Å². The molecule has 132 valence electrons. The Hall–Kier alpha value is -1.40. The molecule has 5 nitrogen and oxygen atoms in total. The molecule has 1 saturated heterocycles. The average Bonchev–Trinajstić information content (AvgIpc) is 2.96. The Morgan fingerprint density at radius 1 is 1.21 bits per heavy atom. The molecule has 3 atom stereocenters. The monoisotopic (exact) mass is 351 g/mol. The SMILES string of the molecule is COC(=O)[C@@H]1C[C@H]2CCCC[C@H]2N1S(=O)(=O)c1cc(C)ccc1C. The minimum atomic E-state index is -3.73. The minimum absolute atomic E-state index is 0.0900. The van der Waals surface area contributed by atoms with E-state index in [1.54, 1.807) is 13.0 Å². The predicted molar refractivity (Wildman–Crippen MR) is 91.1 cm³/mol. The van der Waals surface area contributed by atoms with E-state index >= 15 is 0 Å². The van der Waals surface area contributed by atoms with Crippen LogP contribution < -0.4 is 0 Å². The van der Waals surface area contributed by atoms with Crippen molar-refractivity contribution in [1.29, 1.82) is 0 Å². The van der Waals surface area contributed by atoms with Crippen LogP contribution in [-0.4, -0.2) is 37.9 Å². The molecule has 6 heteroatoms. The second kappa shape index (κ2) is 6.48. The van der Waals surface area contributed by atoms with Gasteiger partial charge in [-0.15, -0.1) is 0 Å². The first kappa shape index (κ1) is 17.4. The first-order chi connectivity index (χ1) is 11.4. The van der Waals surface area contributed by atoms with Crippen LogP contribution in [0.5, 0.6) is 0 Å². The molecule has 2 fully saturated rings. The van der Waals surface area contributed by atoms with Crippen molar-refractivity contribution < 1.29 is 17.9 Å². The van der Waals surface area contributed by atoms with Crippen LogP contribution in [0.4, 0.5) is 0 Å². The highest BCUT2D eigenvalue weighted by molar-refractivity contribution is 7.89. The molecule has 1 saturated carbocycles. The molecule has 0 bridgehead atoms. The smallest absolute Gasteiger partial charge is 0.324 e. The molecule has 0 N–H and O–H groups in total. The van der Waals surface area contributed by atoms with Gasteiger partial charge in [-0.1, -0.05) is 25.0 Å². The van der Waals surface area contributed by atoms with E-state index in [2.05, 4.69) is 0 Å². The van der Waals surface area contributed by atoms with Crippen molar-refractivity contribution in [2.24, 2.45) is 5.92 Å². The zero-order valence-electron chi connectivity index (χ0n) is 14.5. The molecule has 1 heterocycles. The summed E-state index contributed by atoms with van der Waals surface area (Å²) in [7, 11) is -2.41. The van der Waals surface area contributed by atoms with Crippen molar-refractivity contribution in [3.8, 4) is 0 Å². The number of ether oxygens (including phenoxy) is 1. The quantitative estimate of drug-likeness (QED) is 0.786. The van der Waals surface area contributed by atoms with Gasteiger partial charge in [0.15, 0.2) is 0 Å². The van der Waals surface area contributed by atoms with Gasteiger partial charge in [0, 0.05) is 6.04 Å². The molecule has 1 aromatic carbocycles. The Bertz CT molecular complexity index is 743. The van der Waals surface area contributed by atoms with E-state index in [4.69, 9.17) is 4.74 Å². The number of hydrogen-bond acceptors (Lipinski definition) is 4. The molecule has 1 aliphatic carbocycles. The second-order valence-corrected chi connectivity index (χ2v) is 8.80. The number of benzene rings is 1. The van der Waals surface area contributed by atoms with Crippen LogP contribution in [-0.2, 0) is 19.6 Å². The minimum Gasteiger partial charge on any atom is -0.468 e. The third kappa shape index (κ3) is 2.86. The summed E-state index contributed by atoms with van der Waals surface area (Å²) in [5.74, 6) is -0.193. The second-order valence-electron chi connectivity index (χ2n) is 6.99. The maximum atomic E-state index is 13.4. The summed E-state index contributed by atoms with van der Waals surface area (Å²) in [6, 6.07) is 4.64. The lowest BCUT2D eigenvalue weighted by atomic mass is 9.85. The number of hydrogen-bond donors (Lipinski definition) is 0. The van der Waals surface area contributed by atoms with Gasteiger partial charge in [-0.25, -0.2) is 8.42 Å². The Kier molecular flexibility index (Phi) is 4.71. The summed E-state index contributed by atoms with van der Waals surface area (Å²) in [5, 5.41) is 0. The molecular weight excluding hydrogens is 326 g/mol. The van der Waals surface area contributed by atoms with Crippen molar-refractivity contribution in [2.75, 3.05) is 7.11 Å². The molecule has 24 heavy (non-hydrogen) atoms. The van der Waals surface area contributed by atoms with Crippen LogP contribution in [0, 0.1) is 19.8 Å². The number of nitrogens with zero attached hydrogens (tertiary/aromatic N) is 1. The molecule has 0 unspecified atom stereocenters. The van der Waals surface area contributed by atoms with Gasteiger partial charge >= 0.3 is 5.97 Å². The molecular formula is C18H25NO4S. The topological polar surface area (TPSA) is 63.7 Å². The molecule has 2 aliphatic rings. The number of aryl methyl sites for hydroxylation is 2. The molecule has 0 spiro atoms. The van der Waals surface area contributed by atoms with E-state index < -0.39 is 22.0 Å². The van der Waals surface area contributed by atoms with E-state index in [0.717, 1.165) is 31.2 Å². The average molecular weight is 351 g/mol. The fourth-order valence-corrected chi connectivity index (χ4v) is 6.38. The van der Waals surface area contributed by atoms with E-state index in [0.29, 0.717) is 16.9 Å². The van der Waals surface area contributed by atoms with Crippen LogP contribution in [0.15, 0.2) is 23.1 Å². The molecule has 1 aromatic rings. The summed E-state index contributed by atoms with van der Waals surface area (Å²) < 4.78 is 33.2. The van der Waals surface area contributed by atoms with Gasteiger partial charge in [0.05, 0.1) is 12.0 Å². The van der Waals surface area contributed by atoms with Gasteiger partial charge in [-0.05, 0) is 56.2 Å². The fourth-order valence-electron chi connectivity index (χ4n) is 4.20. The van der Waals surface area contributed by atoms with Crippen LogP contribution in [0.2, 0.25) is 0 Å². The van der Waals surface area contributed by atoms with Crippen molar-refractivity contribution in [3.63, 3.8) is 0 Å². The lowest BCUT2D eigenvalue weighted by Crippen LogP contribution is -2.46. The number of carbonyl (C=O) groups excluding carboxylic acids is 1. The van der Waals surface area contributed by atoms with Crippen molar-refractivity contribution in [2.45, 2.75) is 62.9 Å². The number of esters is 1. The summed E-state index contributed by atoms with van der Waals surface area (Å²) >= 11 is 0. The van der Waals surface area contributed by atoms with Gasteiger partial charge in [-0.2, -0.15) is 4.31 Å². The predicted octanol–water partition coefficient (Wildman–Crippen LogP) is 2.80. The number of sulfonamides is 1. The lowest BCUT2D eigenvalue weighted by molar-refractivity contribution is -0.144.